The van der Waals surface area contributed by atoms with E-state index in [0.717, 1.165) is 12.1 Å². The second kappa shape index (κ2) is 6.44. The fourth-order valence-electron chi connectivity index (χ4n) is 2.10. The van der Waals surface area contributed by atoms with Crippen molar-refractivity contribution in [2.24, 2.45) is 5.73 Å². The van der Waals surface area contributed by atoms with Crippen LogP contribution in [-0.4, -0.2) is 5.91 Å². The summed E-state index contributed by atoms with van der Waals surface area (Å²) in [6, 6.07) is 13.5. The van der Waals surface area contributed by atoms with Crippen molar-refractivity contribution in [2.45, 2.75) is 19.9 Å². The molecule has 2 aromatic carbocycles. The normalized spacial score (nSPS) is 10.3. The first kappa shape index (κ1) is 14.4. The van der Waals surface area contributed by atoms with Crippen molar-refractivity contribution in [3.05, 3.63) is 64.2 Å². The predicted octanol–water partition coefficient (Wildman–Crippen LogP) is 3.61. The highest BCUT2D eigenvalue weighted by Gasteiger charge is 2.07. The SMILES string of the molecule is CCc1ccccc1CNc1ccc(Cl)c(C(N)=O)c1. The molecule has 0 aliphatic rings. The van der Waals surface area contributed by atoms with Gasteiger partial charge in [0.25, 0.3) is 0 Å². The summed E-state index contributed by atoms with van der Waals surface area (Å²) in [6.07, 6.45) is 0.991. The molecule has 0 aliphatic heterocycles. The molecule has 2 rings (SSSR count). The Kier molecular flexibility index (Phi) is 4.64. The Balaban J connectivity index is 2.15. The van der Waals surface area contributed by atoms with Crippen molar-refractivity contribution < 1.29 is 4.79 Å². The molecule has 0 aromatic heterocycles. The summed E-state index contributed by atoms with van der Waals surface area (Å²) >= 11 is 5.93. The number of amides is 1. The largest absolute Gasteiger partial charge is 0.381 e. The van der Waals surface area contributed by atoms with Crippen LogP contribution in [0.2, 0.25) is 5.02 Å². The number of carbonyl (C=O) groups is 1. The van der Waals surface area contributed by atoms with E-state index in [4.69, 9.17) is 17.3 Å². The maximum atomic E-state index is 11.3. The predicted molar refractivity (Wildman–Crippen MR) is 83.1 cm³/mol. The van der Waals surface area contributed by atoms with Crippen LogP contribution >= 0.6 is 11.6 Å². The quantitative estimate of drug-likeness (QED) is 0.883. The molecule has 4 heteroatoms. The Morgan fingerprint density at radius 2 is 1.90 bits per heavy atom. The molecule has 0 fully saturated rings. The monoisotopic (exact) mass is 288 g/mol. The summed E-state index contributed by atoms with van der Waals surface area (Å²) in [5, 5.41) is 3.66. The van der Waals surface area contributed by atoms with Crippen LogP contribution in [0.1, 0.15) is 28.4 Å². The number of primary amides is 1. The van der Waals surface area contributed by atoms with Gasteiger partial charge in [0.15, 0.2) is 0 Å². The van der Waals surface area contributed by atoms with Crippen molar-refractivity contribution >= 4 is 23.2 Å². The van der Waals surface area contributed by atoms with Gasteiger partial charge in [-0.2, -0.15) is 0 Å². The maximum absolute atomic E-state index is 11.3. The zero-order chi connectivity index (χ0) is 14.5. The highest BCUT2D eigenvalue weighted by Crippen LogP contribution is 2.21. The smallest absolute Gasteiger partial charge is 0.250 e. The van der Waals surface area contributed by atoms with E-state index in [1.165, 1.54) is 11.1 Å². The zero-order valence-electron chi connectivity index (χ0n) is 11.3. The number of anilines is 1. The number of hydrogen-bond donors (Lipinski definition) is 2. The summed E-state index contributed by atoms with van der Waals surface area (Å²) in [7, 11) is 0. The summed E-state index contributed by atoms with van der Waals surface area (Å²) in [5.41, 5.74) is 9.00. The van der Waals surface area contributed by atoms with Gasteiger partial charge in [-0.25, -0.2) is 0 Å². The lowest BCUT2D eigenvalue weighted by molar-refractivity contribution is 0.100. The molecule has 0 saturated heterocycles. The van der Waals surface area contributed by atoms with E-state index >= 15 is 0 Å². The molecule has 0 spiro atoms. The third kappa shape index (κ3) is 3.31. The summed E-state index contributed by atoms with van der Waals surface area (Å²) in [4.78, 5) is 11.3. The van der Waals surface area contributed by atoms with Crippen LogP contribution in [0.5, 0.6) is 0 Å². The lowest BCUT2D eigenvalue weighted by atomic mass is 10.1. The van der Waals surface area contributed by atoms with E-state index in [0.29, 0.717) is 17.1 Å². The molecule has 0 aliphatic carbocycles. The number of aryl methyl sites for hydroxylation is 1. The van der Waals surface area contributed by atoms with E-state index in [1.807, 2.05) is 18.2 Å². The molecule has 0 atom stereocenters. The third-order valence-electron chi connectivity index (χ3n) is 3.21. The molecule has 3 nitrogen and oxygen atoms in total. The summed E-state index contributed by atoms with van der Waals surface area (Å²) in [6.45, 7) is 2.83. The number of rotatable bonds is 5. The van der Waals surface area contributed by atoms with Crippen molar-refractivity contribution in [1.29, 1.82) is 0 Å². The molecule has 1 amide bonds. The molecule has 104 valence electrons. The topological polar surface area (TPSA) is 55.1 Å². The molecule has 0 bridgehead atoms. The third-order valence-corrected chi connectivity index (χ3v) is 3.54. The lowest BCUT2D eigenvalue weighted by Gasteiger charge is -2.11. The molecule has 0 heterocycles. The zero-order valence-corrected chi connectivity index (χ0v) is 12.1. The first-order valence-corrected chi connectivity index (χ1v) is 6.89. The van der Waals surface area contributed by atoms with Crippen LogP contribution in [0.3, 0.4) is 0 Å². The molecule has 20 heavy (non-hydrogen) atoms. The minimum absolute atomic E-state index is 0.334. The first-order chi connectivity index (χ1) is 9.61. The fourth-order valence-corrected chi connectivity index (χ4v) is 2.31. The highest BCUT2D eigenvalue weighted by molar-refractivity contribution is 6.33. The Morgan fingerprint density at radius 3 is 2.55 bits per heavy atom. The minimum Gasteiger partial charge on any atom is -0.381 e. The molecular formula is C16H17ClN2O. The van der Waals surface area contributed by atoms with Gasteiger partial charge in [0.1, 0.15) is 0 Å². The standard InChI is InChI=1S/C16H17ClN2O/c1-2-11-5-3-4-6-12(11)10-19-13-7-8-15(17)14(9-13)16(18)20/h3-9,19H,2,10H2,1H3,(H2,18,20). The minimum atomic E-state index is -0.521. The van der Waals surface area contributed by atoms with Crippen molar-refractivity contribution in [3.63, 3.8) is 0 Å². The Hall–Kier alpha value is -2.00. The van der Waals surface area contributed by atoms with E-state index in [1.54, 1.807) is 12.1 Å². The van der Waals surface area contributed by atoms with Crippen molar-refractivity contribution in [2.75, 3.05) is 5.32 Å². The van der Waals surface area contributed by atoms with Crippen molar-refractivity contribution in [1.82, 2.24) is 0 Å². The first-order valence-electron chi connectivity index (χ1n) is 6.51. The summed E-state index contributed by atoms with van der Waals surface area (Å²) in [5.74, 6) is -0.521. The van der Waals surface area contributed by atoms with Gasteiger partial charge in [0, 0.05) is 12.2 Å². The molecule has 0 saturated carbocycles. The molecule has 3 N–H and O–H groups in total. The lowest BCUT2D eigenvalue weighted by Crippen LogP contribution is -2.12. The number of nitrogens with two attached hydrogens (primary N) is 1. The number of hydrogen-bond acceptors (Lipinski definition) is 2. The van der Waals surface area contributed by atoms with Gasteiger partial charge in [-0.1, -0.05) is 42.8 Å². The number of benzene rings is 2. The molecular weight excluding hydrogens is 272 g/mol. The van der Waals surface area contributed by atoms with Crippen LogP contribution in [0.4, 0.5) is 5.69 Å². The van der Waals surface area contributed by atoms with Crippen LogP contribution in [0.25, 0.3) is 0 Å². The van der Waals surface area contributed by atoms with E-state index in [-0.39, 0.29) is 0 Å². The fraction of sp³-hybridized carbons (Fsp3) is 0.188. The summed E-state index contributed by atoms with van der Waals surface area (Å²) < 4.78 is 0. The average molecular weight is 289 g/mol. The second-order valence-electron chi connectivity index (χ2n) is 4.53. The van der Waals surface area contributed by atoms with Gasteiger partial charge in [-0.3, -0.25) is 4.79 Å². The average Bonchev–Trinajstić information content (AvgIpc) is 2.46. The second-order valence-corrected chi connectivity index (χ2v) is 4.94. The molecule has 0 unspecified atom stereocenters. The number of carbonyl (C=O) groups excluding carboxylic acids is 1. The van der Waals surface area contributed by atoms with Crippen LogP contribution in [0.15, 0.2) is 42.5 Å². The van der Waals surface area contributed by atoms with Gasteiger partial charge >= 0.3 is 0 Å². The van der Waals surface area contributed by atoms with E-state index in [2.05, 4.69) is 24.4 Å². The van der Waals surface area contributed by atoms with E-state index in [9.17, 15) is 4.79 Å². The molecule has 2 aromatic rings. The van der Waals surface area contributed by atoms with Gasteiger partial charge in [-0.05, 0) is 35.7 Å². The number of halogens is 1. The maximum Gasteiger partial charge on any atom is 0.250 e. The van der Waals surface area contributed by atoms with Gasteiger partial charge in [-0.15, -0.1) is 0 Å². The van der Waals surface area contributed by atoms with Crippen LogP contribution < -0.4 is 11.1 Å². The van der Waals surface area contributed by atoms with Crippen LogP contribution in [-0.2, 0) is 13.0 Å². The number of nitrogens with one attached hydrogen (secondary N) is 1. The van der Waals surface area contributed by atoms with Crippen LogP contribution in [0, 0.1) is 0 Å². The Bertz CT molecular complexity index is 626. The van der Waals surface area contributed by atoms with Crippen molar-refractivity contribution in [3.8, 4) is 0 Å². The Labute approximate surface area is 123 Å². The highest BCUT2D eigenvalue weighted by atomic mass is 35.5. The van der Waals surface area contributed by atoms with E-state index < -0.39 is 5.91 Å². The van der Waals surface area contributed by atoms with Gasteiger partial charge < -0.3 is 11.1 Å². The van der Waals surface area contributed by atoms with Gasteiger partial charge in [0.2, 0.25) is 5.91 Å². The molecule has 0 radical (unpaired) electrons. The Morgan fingerprint density at radius 1 is 1.20 bits per heavy atom. The van der Waals surface area contributed by atoms with Gasteiger partial charge in [0.05, 0.1) is 10.6 Å².